The number of rotatable bonds is 10. The maximum absolute atomic E-state index is 15.8. The number of nitrogens with zero attached hydrogens (tertiary/aromatic N) is 4. The molecule has 0 saturated heterocycles. The summed E-state index contributed by atoms with van der Waals surface area (Å²) < 4.78 is 25.8. The van der Waals surface area contributed by atoms with Gasteiger partial charge in [-0.05, 0) is 67.3 Å². The lowest BCUT2D eigenvalue weighted by Gasteiger charge is -2.55. The molecule has 0 aliphatic heterocycles. The Bertz CT molecular complexity index is 2160. The number of hydrogen-bond acceptors (Lipinski definition) is 12. The summed E-state index contributed by atoms with van der Waals surface area (Å²) in [5.41, 5.74) is 7.56. The number of pyridine rings is 1. The van der Waals surface area contributed by atoms with Gasteiger partial charge in [-0.2, -0.15) is 0 Å². The molecule has 0 bridgehead atoms. The predicted octanol–water partition coefficient (Wildman–Crippen LogP) is 7.17. The van der Waals surface area contributed by atoms with Gasteiger partial charge in [-0.3, -0.25) is 14.5 Å². The van der Waals surface area contributed by atoms with Crippen molar-refractivity contribution in [2.45, 2.75) is 76.6 Å². The maximum atomic E-state index is 15.8. The molecule has 3 aliphatic rings. The quantitative estimate of drug-likeness (QED) is 0.124. The predicted molar refractivity (Wildman–Crippen MR) is 213 cm³/mol. The van der Waals surface area contributed by atoms with E-state index < -0.39 is 43.4 Å². The Balaban J connectivity index is 1.43. The van der Waals surface area contributed by atoms with E-state index in [1.54, 1.807) is 0 Å². The number of carbonyl (C=O) groups excluding carboxylic acids is 2. The number of hydrogen-bond donors (Lipinski definition) is 2. The van der Waals surface area contributed by atoms with E-state index in [9.17, 15) is 5.11 Å². The van der Waals surface area contributed by atoms with Crippen LogP contribution in [-0.2, 0) is 28.9 Å². The van der Waals surface area contributed by atoms with E-state index in [1.807, 2.05) is 112 Å². The molecule has 7 rings (SSSR count). The molecule has 1 fully saturated rings. The zero-order valence-corrected chi connectivity index (χ0v) is 34.1. The lowest BCUT2D eigenvalue weighted by Crippen LogP contribution is -2.68. The van der Waals surface area contributed by atoms with Gasteiger partial charge < -0.3 is 34.2 Å². The fourth-order valence-corrected chi connectivity index (χ4v) is 9.59. The van der Waals surface area contributed by atoms with Crippen molar-refractivity contribution in [3.05, 3.63) is 99.8 Å². The average molecular weight is 766 g/mol. The van der Waals surface area contributed by atoms with Crippen LogP contribution in [0, 0.1) is 11.8 Å². The molecule has 55 heavy (non-hydrogen) atoms. The minimum atomic E-state index is -2.91. The summed E-state index contributed by atoms with van der Waals surface area (Å²) in [6, 6.07) is 18.6. The van der Waals surface area contributed by atoms with Gasteiger partial charge in [0.1, 0.15) is 30.4 Å². The van der Waals surface area contributed by atoms with Gasteiger partial charge in [0.15, 0.2) is 31.2 Å². The van der Waals surface area contributed by atoms with E-state index in [0.29, 0.717) is 35.5 Å². The third kappa shape index (κ3) is 6.31. The Morgan fingerprint density at radius 1 is 0.927 bits per heavy atom. The number of Topliss-reactive ketones (excluding diaryl/α,β-unsaturated/α-hetero) is 2. The second-order valence-electron chi connectivity index (χ2n) is 16.8. The molecule has 4 aromatic rings. The van der Waals surface area contributed by atoms with Gasteiger partial charge in [-0.15, -0.1) is 0 Å². The average Bonchev–Trinajstić information content (AvgIpc) is 3.55. The third-order valence-corrected chi connectivity index (χ3v) is 16.2. The number of nitrogen functional groups attached to an aromatic ring is 1. The number of anilines is 2. The Labute approximate surface area is 323 Å². The van der Waals surface area contributed by atoms with Crippen molar-refractivity contribution in [2.24, 2.45) is 11.8 Å². The van der Waals surface area contributed by atoms with Crippen LogP contribution in [0.15, 0.2) is 70.8 Å². The largest absolute Gasteiger partial charge is 0.507 e. The maximum Gasteiger partial charge on any atom is 0.265 e. The molecule has 290 valence electrons. The SMILES string of the molecule is CN(C)c1nc(N)c(OCc2ccccc2)c2c1C[C@H]1C[C@H]3[C@H](N(C)C)c4onc(OCc5ccccc5)c4C(=O)[C@@]3(O[Si](C)(C)C(C)(C)C)C(=O)C1=C2O. The zero-order chi connectivity index (χ0) is 39.6. The third-order valence-electron chi connectivity index (χ3n) is 11.8. The van der Waals surface area contributed by atoms with Gasteiger partial charge in [0, 0.05) is 31.1 Å². The highest BCUT2D eigenvalue weighted by molar-refractivity contribution is 6.74. The Hall–Kier alpha value is -4.98. The molecule has 1 saturated carbocycles. The van der Waals surface area contributed by atoms with Crippen LogP contribution in [0.25, 0.3) is 5.76 Å². The lowest BCUT2D eigenvalue weighted by atomic mass is 9.57. The molecular weight excluding hydrogens is 715 g/mol. The van der Waals surface area contributed by atoms with E-state index in [4.69, 9.17) is 29.1 Å². The number of aliphatic hydroxyl groups excluding tert-OH is 1. The van der Waals surface area contributed by atoms with E-state index in [2.05, 4.69) is 25.9 Å². The first-order valence-electron chi connectivity index (χ1n) is 18.7. The smallest absolute Gasteiger partial charge is 0.265 e. The topological polar surface area (TPSA) is 153 Å². The second kappa shape index (κ2) is 13.9. The molecule has 0 radical (unpaired) electrons. The van der Waals surface area contributed by atoms with Crippen molar-refractivity contribution >= 4 is 37.3 Å². The van der Waals surface area contributed by atoms with Gasteiger partial charge in [0.05, 0.1) is 11.6 Å². The molecule has 2 aromatic heterocycles. The summed E-state index contributed by atoms with van der Waals surface area (Å²) in [4.78, 5) is 39.8. The van der Waals surface area contributed by atoms with Gasteiger partial charge >= 0.3 is 0 Å². The molecule has 0 unspecified atom stereocenters. The van der Waals surface area contributed by atoms with Crippen LogP contribution < -0.4 is 20.1 Å². The molecular formula is C42H51N5O7Si. The molecule has 2 aromatic carbocycles. The zero-order valence-electron chi connectivity index (χ0n) is 33.1. The molecule has 0 spiro atoms. The summed E-state index contributed by atoms with van der Waals surface area (Å²) in [5.74, 6) is -1.45. The highest BCUT2D eigenvalue weighted by Gasteiger charge is 2.69. The Morgan fingerprint density at radius 2 is 1.53 bits per heavy atom. The van der Waals surface area contributed by atoms with Crippen molar-refractivity contribution < 1.29 is 33.1 Å². The monoisotopic (exact) mass is 765 g/mol. The Kier molecular flexibility index (Phi) is 9.71. The summed E-state index contributed by atoms with van der Waals surface area (Å²) in [6.07, 6.45) is 0.671. The minimum absolute atomic E-state index is 0.000505. The van der Waals surface area contributed by atoms with Crippen molar-refractivity contribution in [3.8, 4) is 11.6 Å². The van der Waals surface area contributed by atoms with Gasteiger partial charge in [-0.1, -0.05) is 81.4 Å². The van der Waals surface area contributed by atoms with Crippen molar-refractivity contribution in [1.82, 2.24) is 15.0 Å². The molecule has 3 aliphatic carbocycles. The number of ether oxygens (including phenoxy) is 2. The highest BCUT2D eigenvalue weighted by Crippen LogP contribution is 2.59. The van der Waals surface area contributed by atoms with Gasteiger partial charge in [0.2, 0.25) is 11.6 Å². The molecule has 3 N–H and O–H groups in total. The summed E-state index contributed by atoms with van der Waals surface area (Å²) in [5, 5.41) is 16.4. The first-order valence-corrected chi connectivity index (χ1v) is 21.6. The second-order valence-corrected chi connectivity index (χ2v) is 21.6. The number of fused-ring (bicyclic) bond motifs is 4. The van der Waals surface area contributed by atoms with Crippen LogP contribution in [0.2, 0.25) is 18.1 Å². The van der Waals surface area contributed by atoms with E-state index in [1.165, 1.54) is 0 Å². The molecule has 13 heteroatoms. The van der Waals surface area contributed by atoms with Crippen LogP contribution in [0.3, 0.4) is 0 Å². The molecule has 4 atom stereocenters. The van der Waals surface area contributed by atoms with Crippen molar-refractivity contribution in [1.29, 1.82) is 0 Å². The Morgan fingerprint density at radius 3 is 2.09 bits per heavy atom. The van der Waals surface area contributed by atoms with Crippen LogP contribution in [0.5, 0.6) is 11.6 Å². The standard InChI is InChI=1S/C42H51N5O7Si/c1-41(2,3)55(8,9)54-42-28(32(46(4)5)34-31(37(42)50)40(45-53-34)52-23-25-18-14-11-15-19-25)21-26-20-27-30(33(48)29(26)36(42)49)35(38(43)44-39(27)47(6)7)51-22-24-16-12-10-13-17-24/h10-19,26,28,32,48H,20-23H2,1-9H3,(H2,43,44)/t26-,28-,32-,42-/m0/s1. The van der Waals surface area contributed by atoms with Crippen molar-refractivity contribution in [2.75, 3.05) is 38.8 Å². The first-order chi connectivity index (χ1) is 26.0. The molecule has 0 amide bonds. The fraction of sp³-hybridized carbons (Fsp3) is 0.429. The highest BCUT2D eigenvalue weighted by atomic mass is 28.4. The number of benzene rings is 2. The van der Waals surface area contributed by atoms with E-state index in [0.717, 1.165) is 11.1 Å². The summed E-state index contributed by atoms with van der Waals surface area (Å²) in [6.45, 7) is 10.6. The normalized spacial score (nSPS) is 22.2. The number of nitrogens with two attached hydrogens (primary N) is 1. The fourth-order valence-electron chi connectivity index (χ4n) is 8.14. The number of aromatic nitrogens is 2. The number of aliphatic hydroxyl groups is 1. The van der Waals surface area contributed by atoms with Crippen LogP contribution in [0.1, 0.15) is 71.6 Å². The summed E-state index contributed by atoms with van der Waals surface area (Å²) >= 11 is 0. The summed E-state index contributed by atoms with van der Waals surface area (Å²) in [7, 11) is 4.60. The van der Waals surface area contributed by atoms with Crippen LogP contribution >= 0.6 is 0 Å². The van der Waals surface area contributed by atoms with Crippen LogP contribution in [0.4, 0.5) is 11.6 Å². The van der Waals surface area contributed by atoms with Gasteiger partial charge in [-0.25, -0.2) is 4.98 Å². The number of ketones is 2. The lowest BCUT2D eigenvalue weighted by molar-refractivity contribution is -0.140. The van der Waals surface area contributed by atoms with Gasteiger partial charge in [0.25, 0.3) is 5.88 Å². The van der Waals surface area contributed by atoms with E-state index >= 15 is 9.59 Å². The minimum Gasteiger partial charge on any atom is -0.507 e. The molecule has 2 heterocycles. The van der Waals surface area contributed by atoms with Crippen LogP contribution in [-0.4, -0.2) is 73.8 Å². The molecule has 12 nitrogen and oxygen atoms in total. The van der Waals surface area contributed by atoms with E-state index in [-0.39, 0.29) is 52.6 Å². The van der Waals surface area contributed by atoms with Crippen molar-refractivity contribution in [3.63, 3.8) is 0 Å². The first kappa shape index (κ1) is 38.3. The number of carbonyl (C=O) groups is 2.